The monoisotopic (exact) mass is 256 g/mol. The Hall–Kier alpha value is -2.05. The van der Waals surface area contributed by atoms with Crippen molar-refractivity contribution in [3.05, 3.63) is 47.3 Å². The van der Waals surface area contributed by atoms with Gasteiger partial charge in [0.15, 0.2) is 0 Å². The van der Waals surface area contributed by atoms with Crippen LogP contribution in [0.1, 0.15) is 11.8 Å². The third-order valence-corrected chi connectivity index (χ3v) is 3.28. The maximum atomic E-state index is 11.1. The molecule has 0 spiro atoms. The smallest absolute Gasteiger partial charge is 0.384 e. The number of ether oxygens (including phenoxy) is 1. The minimum atomic E-state index is -0.479. The van der Waals surface area contributed by atoms with Crippen LogP contribution in [0.25, 0.3) is 10.4 Å². The van der Waals surface area contributed by atoms with Crippen molar-refractivity contribution in [1.82, 2.24) is 0 Å². The topological polar surface area (TPSA) is 26.3 Å². The van der Waals surface area contributed by atoms with Crippen molar-refractivity contribution >= 4 is 17.3 Å². The van der Waals surface area contributed by atoms with Crippen LogP contribution in [0.15, 0.2) is 42.5 Å². The molecule has 0 saturated heterocycles. The van der Waals surface area contributed by atoms with Gasteiger partial charge in [-0.1, -0.05) is 30.3 Å². The maximum Gasteiger partial charge on any atom is 0.384 e. The van der Waals surface area contributed by atoms with E-state index in [0.717, 1.165) is 15.3 Å². The van der Waals surface area contributed by atoms with Gasteiger partial charge in [-0.2, -0.15) is 0 Å². The Morgan fingerprint density at radius 1 is 1.22 bits per heavy atom. The molecule has 0 unspecified atom stereocenters. The summed E-state index contributed by atoms with van der Waals surface area (Å²) in [7, 11) is 0. The van der Waals surface area contributed by atoms with Gasteiger partial charge < -0.3 is 4.74 Å². The van der Waals surface area contributed by atoms with Crippen LogP contribution < -0.4 is 0 Å². The van der Waals surface area contributed by atoms with Gasteiger partial charge in [0.05, 0.1) is 11.5 Å². The van der Waals surface area contributed by atoms with E-state index in [2.05, 4.69) is 11.8 Å². The van der Waals surface area contributed by atoms with Crippen LogP contribution >= 0.6 is 11.3 Å². The van der Waals surface area contributed by atoms with Crippen molar-refractivity contribution in [2.24, 2.45) is 0 Å². The molecule has 0 atom stereocenters. The molecular weight excluding hydrogens is 244 g/mol. The van der Waals surface area contributed by atoms with Crippen molar-refractivity contribution in [3.63, 3.8) is 0 Å². The van der Waals surface area contributed by atoms with Gasteiger partial charge in [0, 0.05) is 10.8 Å². The van der Waals surface area contributed by atoms with E-state index in [1.807, 2.05) is 42.5 Å². The van der Waals surface area contributed by atoms with Gasteiger partial charge in [0.2, 0.25) is 0 Å². The quantitative estimate of drug-likeness (QED) is 0.608. The lowest BCUT2D eigenvalue weighted by Crippen LogP contribution is -1.99. The average molecular weight is 256 g/mol. The van der Waals surface area contributed by atoms with Crippen LogP contribution in [-0.2, 0) is 9.53 Å². The number of hydrogen-bond acceptors (Lipinski definition) is 3. The van der Waals surface area contributed by atoms with E-state index in [1.165, 1.54) is 0 Å². The minimum absolute atomic E-state index is 0.354. The number of hydrogen-bond donors (Lipinski definition) is 0. The molecule has 0 radical (unpaired) electrons. The summed E-state index contributed by atoms with van der Waals surface area (Å²) in [6.07, 6.45) is 0. The molecule has 2 aromatic rings. The average Bonchev–Trinajstić information content (AvgIpc) is 2.87. The first-order chi connectivity index (χ1) is 8.79. The third kappa shape index (κ3) is 3.22. The van der Waals surface area contributed by atoms with E-state index in [9.17, 15) is 4.79 Å². The zero-order valence-electron chi connectivity index (χ0n) is 9.97. The second kappa shape index (κ2) is 6.04. The Balaban J connectivity index is 2.14. The van der Waals surface area contributed by atoms with Gasteiger partial charge in [-0.05, 0) is 30.5 Å². The summed E-state index contributed by atoms with van der Waals surface area (Å²) in [5.74, 6) is 4.80. The van der Waals surface area contributed by atoms with Gasteiger partial charge in [-0.15, -0.1) is 11.3 Å². The lowest BCUT2D eigenvalue weighted by molar-refractivity contribution is -0.136. The number of thiophene rings is 1. The number of rotatable bonds is 2. The second-order valence-corrected chi connectivity index (χ2v) is 4.58. The van der Waals surface area contributed by atoms with E-state index in [0.29, 0.717) is 6.61 Å². The second-order valence-electron chi connectivity index (χ2n) is 3.50. The fourth-order valence-corrected chi connectivity index (χ4v) is 2.31. The molecule has 0 aliphatic heterocycles. The highest BCUT2D eigenvalue weighted by molar-refractivity contribution is 7.16. The summed E-state index contributed by atoms with van der Waals surface area (Å²) >= 11 is 1.56. The number of carbonyl (C=O) groups is 1. The fourth-order valence-electron chi connectivity index (χ4n) is 1.44. The van der Waals surface area contributed by atoms with Crippen molar-refractivity contribution in [2.45, 2.75) is 6.92 Å². The zero-order chi connectivity index (χ0) is 12.8. The highest BCUT2D eigenvalue weighted by Gasteiger charge is 2.00. The summed E-state index contributed by atoms with van der Waals surface area (Å²) in [5.41, 5.74) is 1.16. The van der Waals surface area contributed by atoms with Crippen LogP contribution in [0.5, 0.6) is 0 Å². The summed E-state index contributed by atoms with van der Waals surface area (Å²) < 4.78 is 4.75. The Morgan fingerprint density at radius 3 is 2.72 bits per heavy atom. The number of carbonyl (C=O) groups excluding carboxylic acids is 1. The van der Waals surface area contributed by atoms with E-state index in [4.69, 9.17) is 4.74 Å². The molecule has 18 heavy (non-hydrogen) atoms. The highest BCUT2D eigenvalue weighted by atomic mass is 32.1. The predicted octanol–water partition coefficient (Wildman–Crippen LogP) is 3.33. The van der Waals surface area contributed by atoms with Crippen LogP contribution in [0, 0.1) is 11.8 Å². The molecule has 0 saturated carbocycles. The van der Waals surface area contributed by atoms with E-state index in [-0.39, 0.29) is 0 Å². The molecule has 2 rings (SSSR count). The Morgan fingerprint density at radius 2 is 2.00 bits per heavy atom. The highest BCUT2D eigenvalue weighted by Crippen LogP contribution is 2.27. The number of esters is 1. The van der Waals surface area contributed by atoms with Gasteiger partial charge in [0.1, 0.15) is 0 Å². The first-order valence-corrected chi connectivity index (χ1v) is 6.45. The third-order valence-electron chi connectivity index (χ3n) is 2.23. The van der Waals surface area contributed by atoms with Crippen LogP contribution in [-0.4, -0.2) is 12.6 Å². The molecule has 0 aliphatic rings. The summed E-state index contributed by atoms with van der Waals surface area (Å²) in [4.78, 5) is 13.1. The van der Waals surface area contributed by atoms with Crippen molar-refractivity contribution in [3.8, 4) is 22.3 Å². The normalized spacial score (nSPS) is 9.39. The molecule has 0 fully saturated rings. The fraction of sp³-hybridized carbons (Fsp3) is 0.133. The minimum Gasteiger partial charge on any atom is -0.456 e. The molecule has 2 nitrogen and oxygen atoms in total. The SMILES string of the molecule is CCOC(=O)C#Cc1ccc(-c2ccccc2)s1. The molecule has 1 heterocycles. The van der Waals surface area contributed by atoms with Crippen LogP contribution in [0.2, 0.25) is 0 Å². The molecule has 0 N–H and O–H groups in total. The van der Waals surface area contributed by atoms with Gasteiger partial charge >= 0.3 is 5.97 Å². The summed E-state index contributed by atoms with van der Waals surface area (Å²) in [6, 6.07) is 14.0. The Bertz CT molecular complexity index is 588. The Kier molecular flexibility index (Phi) is 4.16. The zero-order valence-corrected chi connectivity index (χ0v) is 10.8. The summed E-state index contributed by atoms with van der Waals surface area (Å²) in [6.45, 7) is 2.12. The van der Waals surface area contributed by atoms with E-state index >= 15 is 0 Å². The van der Waals surface area contributed by atoms with Gasteiger partial charge in [-0.3, -0.25) is 0 Å². The standard InChI is InChI=1S/C15H12O2S/c1-2-17-15(16)11-9-13-8-10-14(18-13)12-6-4-3-5-7-12/h3-8,10H,2H2,1H3. The summed E-state index contributed by atoms with van der Waals surface area (Å²) in [5, 5.41) is 0. The maximum absolute atomic E-state index is 11.1. The van der Waals surface area contributed by atoms with Crippen LogP contribution in [0.4, 0.5) is 0 Å². The van der Waals surface area contributed by atoms with E-state index < -0.39 is 5.97 Å². The lowest BCUT2D eigenvalue weighted by Gasteiger charge is -1.93. The van der Waals surface area contributed by atoms with Crippen molar-refractivity contribution in [2.75, 3.05) is 6.61 Å². The Labute approximate surface area is 110 Å². The molecule has 0 amide bonds. The molecule has 3 heteroatoms. The van der Waals surface area contributed by atoms with Gasteiger partial charge in [0.25, 0.3) is 0 Å². The molecule has 1 aromatic carbocycles. The molecule has 0 aliphatic carbocycles. The first-order valence-electron chi connectivity index (χ1n) is 5.63. The first kappa shape index (κ1) is 12.4. The van der Waals surface area contributed by atoms with Crippen LogP contribution in [0.3, 0.4) is 0 Å². The van der Waals surface area contributed by atoms with Crippen molar-refractivity contribution < 1.29 is 9.53 Å². The number of benzene rings is 1. The molecule has 0 bridgehead atoms. The van der Waals surface area contributed by atoms with Gasteiger partial charge in [-0.25, -0.2) is 4.79 Å². The largest absolute Gasteiger partial charge is 0.456 e. The molecule has 1 aromatic heterocycles. The van der Waals surface area contributed by atoms with E-state index in [1.54, 1.807) is 18.3 Å². The lowest BCUT2D eigenvalue weighted by atomic mass is 10.2. The molecule has 90 valence electrons. The van der Waals surface area contributed by atoms with Crippen molar-refractivity contribution in [1.29, 1.82) is 0 Å². The predicted molar refractivity (Wildman–Crippen MR) is 73.3 cm³/mol. The molecular formula is C15H12O2S.